The van der Waals surface area contributed by atoms with Crippen LogP contribution >= 0.6 is 11.3 Å². The largest absolute Gasteiger partial charge is 0.437 e. The Morgan fingerprint density at radius 2 is 1.73 bits per heavy atom. The molecular weight excluding hydrogens is 412 g/mol. The molecule has 0 saturated carbocycles. The Bertz CT molecular complexity index is 1200. The molecular formula is C21H15F2N3O3S. The third kappa shape index (κ3) is 4.36. The fraction of sp³-hybridized carbons (Fsp3) is 0.0952. The maximum Gasteiger partial charge on any atom is 0.437 e. The Hall–Kier alpha value is -3.59. The molecule has 0 aliphatic heterocycles. The highest BCUT2D eigenvalue weighted by Crippen LogP contribution is 2.26. The Kier molecular flexibility index (Phi) is 5.53. The average molecular weight is 427 g/mol. The third-order valence-corrected chi connectivity index (χ3v) is 5.26. The Morgan fingerprint density at radius 1 is 1.07 bits per heavy atom. The molecule has 0 aliphatic carbocycles. The summed E-state index contributed by atoms with van der Waals surface area (Å²) in [4.78, 5) is 25.6. The van der Waals surface area contributed by atoms with Gasteiger partial charge in [-0.2, -0.15) is 4.68 Å². The highest BCUT2D eigenvalue weighted by atomic mass is 32.1. The van der Waals surface area contributed by atoms with Crippen molar-refractivity contribution in [3.63, 3.8) is 0 Å². The Labute approximate surface area is 173 Å². The van der Waals surface area contributed by atoms with E-state index in [0.717, 1.165) is 9.56 Å². The van der Waals surface area contributed by atoms with Gasteiger partial charge in [0.2, 0.25) is 11.8 Å². The van der Waals surface area contributed by atoms with Crippen LogP contribution in [0, 0.1) is 11.6 Å². The van der Waals surface area contributed by atoms with Crippen LogP contribution < -0.4 is 11.1 Å². The van der Waals surface area contributed by atoms with Crippen molar-refractivity contribution in [3.05, 3.63) is 98.7 Å². The molecule has 9 heteroatoms. The highest BCUT2D eigenvalue weighted by Gasteiger charge is 2.20. The fourth-order valence-electron chi connectivity index (χ4n) is 2.89. The summed E-state index contributed by atoms with van der Waals surface area (Å²) in [6.07, 6.45) is 0. The summed E-state index contributed by atoms with van der Waals surface area (Å²) in [6.45, 7) is -0.368. The second-order valence-corrected chi connectivity index (χ2v) is 7.38. The van der Waals surface area contributed by atoms with Crippen LogP contribution in [0.3, 0.4) is 0 Å². The van der Waals surface area contributed by atoms with Crippen LogP contribution in [0.25, 0.3) is 11.5 Å². The van der Waals surface area contributed by atoms with Gasteiger partial charge in [0.15, 0.2) is 0 Å². The van der Waals surface area contributed by atoms with Gasteiger partial charge >= 0.3 is 5.76 Å². The van der Waals surface area contributed by atoms with Crippen molar-refractivity contribution in [2.75, 3.05) is 0 Å². The summed E-state index contributed by atoms with van der Waals surface area (Å²) >= 11 is 1.44. The molecule has 2 aromatic carbocycles. The quantitative estimate of drug-likeness (QED) is 0.509. The molecule has 30 heavy (non-hydrogen) atoms. The average Bonchev–Trinajstić information content (AvgIpc) is 3.38. The molecule has 1 unspecified atom stereocenters. The highest BCUT2D eigenvalue weighted by molar-refractivity contribution is 7.10. The maximum absolute atomic E-state index is 13.3. The van der Waals surface area contributed by atoms with Crippen molar-refractivity contribution in [2.24, 2.45) is 0 Å². The summed E-state index contributed by atoms with van der Waals surface area (Å²) in [6, 6.07) is 14.3. The molecule has 0 fully saturated rings. The predicted octanol–water partition coefficient (Wildman–Crippen LogP) is 3.75. The number of hydrogen-bond donors (Lipinski definition) is 1. The number of hydrogen-bond acceptors (Lipinski definition) is 5. The van der Waals surface area contributed by atoms with E-state index in [4.69, 9.17) is 4.42 Å². The van der Waals surface area contributed by atoms with Crippen LogP contribution in [0.2, 0.25) is 0 Å². The van der Waals surface area contributed by atoms with Gasteiger partial charge in [0.05, 0.1) is 6.04 Å². The first-order valence-corrected chi connectivity index (χ1v) is 9.80. The number of carbonyl (C=O) groups excluding carboxylic acids is 1. The van der Waals surface area contributed by atoms with Gasteiger partial charge < -0.3 is 9.73 Å². The van der Waals surface area contributed by atoms with Gasteiger partial charge in [-0.1, -0.05) is 18.2 Å². The standard InChI is InChI=1S/C21H15F2N3O3S/c22-15-7-3-13(4-8-15)19(17-2-1-11-30-17)24-18(27)12-26-21(28)29-20(25-26)14-5-9-16(23)10-6-14/h1-11,19H,12H2,(H,24,27). The van der Waals surface area contributed by atoms with Crippen LogP contribution in [0.1, 0.15) is 16.5 Å². The van der Waals surface area contributed by atoms with Gasteiger partial charge in [0.1, 0.15) is 18.2 Å². The summed E-state index contributed by atoms with van der Waals surface area (Å²) < 4.78 is 32.3. The Balaban J connectivity index is 1.53. The minimum absolute atomic E-state index is 0.0128. The smallest absolute Gasteiger partial charge is 0.388 e. The molecule has 2 heterocycles. The molecule has 0 saturated heterocycles. The summed E-state index contributed by atoms with van der Waals surface area (Å²) in [7, 11) is 0. The van der Waals surface area contributed by atoms with E-state index in [2.05, 4.69) is 10.4 Å². The molecule has 0 aliphatic rings. The first-order valence-electron chi connectivity index (χ1n) is 8.92. The SMILES string of the molecule is O=C(Cn1nc(-c2ccc(F)cc2)oc1=O)NC(c1ccc(F)cc1)c1cccs1. The van der Waals surface area contributed by atoms with Crippen LogP contribution in [0.15, 0.2) is 75.3 Å². The zero-order chi connectivity index (χ0) is 21.1. The molecule has 6 nitrogen and oxygen atoms in total. The van der Waals surface area contributed by atoms with E-state index >= 15 is 0 Å². The van der Waals surface area contributed by atoms with Gasteiger partial charge in [-0.05, 0) is 53.4 Å². The van der Waals surface area contributed by atoms with Gasteiger partial charge in [-0.15, -0.1) is 16.4 Å². The number of thiophene rings is 1. The molecule has 1 N–H and O–H groups in total. The molecule has 1 atom stereocenters. The minimum atomic E-state index is -0.807. The van der Waals surface area contributed by atoms with E-state index in [9.17, 15) is 18.4 Å². The zero-order valence-electron chi connectivity index (χ0n) is 15.4. The van der Waals surface area contributed by atoms with Crippen molar-refractivity contribution < 1.29 is 18.0 Å². The number of amides is 1. The van der Waals surface area contributed by atoms with Crippen molar-refractivity contribution in [1.82, 2.24) is 15.1 Å². The molecule has 2 aromatic heterocycles. The molecule has 0 spiro atoms. The summed E-state index contributed by atoms with van der Waals surface area (Å²) in [5.74, 6) is -2.10. The van der Waals surface area contributed by atoms with E-state index in [1.165, 1.54) is 47.7 Å². The van der Waals surface area contributed by atoms with Gasteiger partial charge in [0, 0.05) is 10.4 Å². The number of halogens is 2. The van der Waals surface area contributed by atoms with E-state index in [1.54, 1.807) is 12.1 Å². The normalized spacial score (nSPS) is 11.9. The molecule has 4 rings (SSSR count). The van der Waals surface area contributed by atoms with Crippen molar-refractivity contribution in [2.45, 2.75) is 12.6 Å². The topological polar surface area (TPSA) is 77.1 Å². The first kappa shape index (κ1) is 19.7. The molecule has 0 radical (unpaired) electrons. The van der Waals surface area contributed by atoms with Crippen LogP contribution in [-0.2, 0) is 11.3 Å². The van der Waals surface area contributed by atoms with E-state index in [-0.39, 0.29) is 18.3 Å². The molecule has 0 bridgehead atoms. The molecule has 1 amide bonds. The molecule has 152 valence electrons. The van der Waals surface area contributed by atoms with Crippen molar-refractivity contribution >= 4 is 17.2 Å². The second-order valence-electron chi connectivity index (χ2n) is 6.41. The summed E-state index contributed by atoms with van der Waals surface area (Å²) in [5.41, 5.74) is 1.11. The first-order chi connectivity index (χ1) is 14.5. The third-order valence-electron chi connectivity index (χ3n) is 4.33. The zero-order valence-corrected chi connectivity index (χ0v) is 16.2. The second kappa shape index (κ2) is 8.42. The van der Waals surface area contributed by atoms with Crippen LogP contribution in [-0.4, -0.2) is 15.7 Å². The van der Waals surface area contributed by atoms with Crippen molar-refractivity contribution in [3.8, 4) is 11.5 Å². The van der Waals surface area contributed by atoms with Crippen LogP contribution in [0.4, 0.5) is 8.78 Å². The Morgan fingerprint density at radius 3 is 2.37 bits per heavy atom. The van der Waals surface area contributed by atoms with Crippen molar-refractivity contribution in [1.29, 1.82) is 0 Å². The van der Waals surface area contributed by atoms with Gasteiger partial charge in [0.25, 0.3) is 0 Å². The lowest BCUT2D eigenvalue weighted by atomic mass is 10.1. The predicted molar refractivity (Wildman–Crippen MR) is 107 cm³/mol. The molecule has 4 aromatic rings. The monoisotopic (exact) mass is 427 g/mol. The summed E-state index contributed by atoms with van der Waals surface area (Å²) in [5, 5.41) is 8.73. The lowest BCUT2D eigenvalue weighted by Gasteiger charge is -2.18. The number of aromatic nitrogens is 2. The van der Waals surface area contributed by atoms with Crippen LogP contribution in [0.5, 0.6) is 0 Å². The number of rotatable bonds is 6. The lowest BCUT2D eigenvalue weighted by molar-refractivity contribution is -0.122. The minimum Gasteiger partial charge on any atom is -0.388 e. The number of nitrogens with zero attached hydrogens (tertiary/aromatic N) is 2. The maximum atomic E-state index is 13.3. The van der Waals surface area contributed by atoms with E-state index in [0.29, 0.717) is 11.1 Å². The number of benzene rings is 2. The van der Waals surface area contributed by atoms with Gasteiger partial charge in [-0.3, -0.25) is 4.79 Å². The van der Waals surface area contributed by atoms with Gasteiger partial charge in [-0.25, -0.2) is 13.6 Å². The lowest BCUT2D eigenvalue weighted by Crippen LogP contribution is -2.34. The fourth-order valence-corrected chi connectivity index (χ4v) is 3.69. The van der Waals surface area contributed by atoms with E-state index < -0.39 is 23.5 Å². The number of carbonyl (C=O) groups is 1. The van der Waals surface area contributed by atoms with E-state index in [1.807, 2.05) is 17.5 Å². The number of nitrogens with one attached hydrogen (secondary N) is 1.